The predicted octanol–water partition coefficient (Wildman–Crippen LogP) is 0.766. The van der Waals surface area contributed by atoms with E-state index in [2.05, 4.69) is 28.2 Å². The van der Waals surface area contributed by atoms with Gasteiger partial charge < -0.3 is 31.4 Å². The summed E-state index contributed by atoms with van der Waals surface area (Å²) in [5, 5.41) is 15.5. The molecule has 0 spiro atoms. The van der Waals surface area contributed by atoms with Crippen LogP contribution in [0.3, 0.4) is 0 Å². The monoisotopic (exact) mass is 535 g/mol. The zero-order chi connectivity index (χ0) is 26.2. The van der Waals surface area contributed by atoms with Crippen LogP contribution >= 0.6 is 24.4 Å². The maximum absolute atomic E-state index is 13.3. The second-order valence-electron chi connectivity index (χ2n) is 8.78. The zero-order valence-corrected chi connectivity index (χ0v) is 21.8. The Morgan fingerprint density at radius 3 is 2.69 bits per heavy atom. The van der Waals surface area contributed by atoms with Gasteiger partial charge in [0.05, 0.1) is 6.04 Å². The van der Waals surface area contributed by atoms with Crippen LogP contribution in [-0.2, 0) is 25.6 Å². The summed E-state index contributed by atoms with van der Waals surface area (Å²) in [6.45, 7) is 0.421. The van der Waals surface area contributed by atoms with Gasteiger partial charge in [-0.2, -0.15) is 24.4 Å². The van der Waals surface area contributed by atoms with Gasteiger partial charge in [0.15, 0.2) is 0 Å². The first-order valence-electron chi connectivity index (χ1n) is 11.8. The number of likely N-dealkylation sites (tertiary alicyclic amines) is 1. The minimum atomic E-state index is -1.22. The van der Waals surface area contributed by atoms with Crippen LogP contribution in [0.4, 0.5) is 0 Å². The molecule has 10 nitrogen and oxygen atoms in total. The first kappa shape index (κ1) is 27.9. The molecule has 196 valence electrons. The number of rotatable bonds is 12. The molecule has 3 rings (SSSR count). The van der Waals surface area contributed by atoms with Crippen LogP contribution in [0.2, 0.25) is 0 Å². The standard InChI is InChI=1S/C24H33N5O5S2/c1-36-10-8-16(25)23(32)29-9-4-7-20(29)22(31)27-18(21(30)28-19(13-35)24(33)34)11-14-12-26-17-6-3-2-5-15(14)17/h2-3,5-6,12,16,18-20,26,35H,4,7-11,13,25H2,1H3,(H,27,31)(H,28,30)(H,33,34). The number of nitrogens with zero attached hydrogens (tertiary/aromatic N) is 1. The van der Waals surface area contributed by atoms with Gasteiger partial charge in [-0.05, 0) is 42.9 Å². The number of carboxylic acids is 1. The van der Waals surface area contributed by atoms with Gasteiger partial charge in [-0.15, -0.1) is 0 Å². The number of nitrogens with one attached hydrogen (secondary N) is 3. The van der Waals surface area contributed by atoms with Crippen molar-refractivity contribution in [1.82, 2.24) is 20.5 Å². The minimum Gasteiger partial charge on any atom is -0.480 e. The highest BCUT2D eigenvalue weighted by Crippen LogP contribution is 2.22. The summed E-state index contributed by atoms with van der Waals surface area (Å²) in [7, 11) is 0. The number of amides is 3. The van der Waals surface area contributed by atoms with Crippen LogP contribution in [0.25, 0.3) is 10.9 Å². The molecule has 1 fully saturated rings. The van der Waals surface area contributed by atoms with Gasteiger partial charge in [-0.1, -0.05) is 18.2 Å². The quantitative estimate of drug-likeness (QED) is 0.219. The van der Waals surface area contributed by atoms with Crippen LogP contribution in [0.15, 0.2) is 30.5 Å². The number of hydrogen-bond donors (Lipinski definition) is 6. The van der Waals surface area contributed by atoms with Crippen molar-refractivity contribution >= 4 is 59.0 Å². The van der Waals surface area contributed by atoms with Crippen molar-refractivity contribution < 1.29 is 24.3 Å². The highest BCUT2D eigenvalue weighted by molar-refractivity contribution is 7.98. The minimum absolute atomic E-state index is 0.104. The maximum atomic E-state index is 13.3. The molecule has 1 aliphatic rings. The summed E-state index contributed by atoms with van der Waals surface area (Å²) in [6, 6.07) is 3.86. The number of para-hydroxylation sites is 1. The highest BCUT2D eigenvalue weighted by Gasteiger charge is 2.38. The summed E-state index contributed by atoms with van der Waals surface area (Å²) in [5.41, 5.74) is 7.74. The number of nitrogens with two attached hydrogens (primary N) is 1. The number of fused-ring (bicyclic) bond motifs is 1. The van der Waals surface area contributed by atoms with Crippen LogP contribution in [0, 0.1) is 0 Å². The third-order valence-corrected chi connectivity index (χ3v) is 7.33. The van der Waals surface area contributed by atoms with Crippen LogP contribution in [0.1, 0.15) is 24.8 Å². The summed E-state index contributed by atoms with van der Waals surface area (Å²) in [6.07, 6.45) is 5.46. The number of thioether (sulfide) groups is 1. The fourth-order valence-corrected chi connectivity index (χ4v) is 5.08. The molecular weight excluding hydrogens is 502 g/mol. The molecule has 2 aromatic rings. The average Bonchev–Trinajstić information content (AvgIpc) is 3.52. The van der Waals surface area contributed by atoms with Crippen molar-refractivity contribution in [3.63, 3.8) is 0 Å². The Morgan fingerprint density at radius 1 is 1.25 bits per heavy atom. The number of carboxylic acid groups (broad SMARTS) is 1. The van der Waals surface area contributed by atoms with E-state index in [1.807, 2.05) is 30.5 Å². The Balaban J connectivity index is 1.79. The van der Waals surface area contributed by atoms with E-state index in [4.69, 9.17) is 5.73 Å². The molecule has 1 aromatic carbocycles. The highest BCUT2D eigenvalue weighted by atomic mass is 32.2. The fraction of sp³-hybridized carbons (Fsp3) is 0.500. The van der Waals surface area contributed by atoms with Gasteiger partial charge in [-0.3, -0.25) is 14.4 Å². The van der Waals surface area contributed by atoms with Crippen molar-refractivity contribution in [1.29, 1.82) is 0 Å². The molecule has 4 unspecified atom stereocenters. The van der Waals surface area contributed by atoms with E-state index in [0.29, 0.717) is 25.8 Å². The maximum Gasteiger partial charge on any atom is 0.327 e. The summed E-state index contributed by atoms with van der Waals surface area (Å²) in [4.78, 5) is 55.5. The van der Waals surface area contributed by atoms with Gasteiger partial charge in [0.25, 0.3) is 0 Å². The zero-order valence-electron chi connectivity index (χ0n) is 20.1. The molecule has 0 aliphatic carbocycles. The normalized spacial score (nSPS) is 18.0. The number of aromatic nitrogens is 1. The van der Waals surface area contributed by atoms with Gasteiger partial charge in [0, 0.05) is 35.8 Å². The van der Waals surface area contributed by atoms with Crippen molar-refractivity contribution in [2.75, 3.05) is 24.3 Å². The lowest BCUT2D eigenvalue weighted by molar-refractivity contribution is -0.142. The van der Waals surface area contributed by atoms with E-state index in [1.165, 1.54) is 4.90 Å². The van der Waals surface area contributed by atoms with Crippen molar-refractivity contribution in [3.05, 3.63) is 36.0 Å². The molecule has 1 saturated heterocycles. The van der Waals surface area contributed by atoms with E-state index in [0.717, 1.165) is 22.2 Å². The molecule has 3 amide bonds. The van der Waals surface area contributed by atoms with Crippen molar-refractivity contribution in [3.8, 4) is 0 Å². The molecule has 1 aliphatic heterocycles. The first-order chi connectivity index (χ1) is 17.3. The second-order valence-corrected chi connectivity index (χ2v) is 10.1. The number of carbonyl (C=O) groups is 4. The lowest BCUT2D eigenvalue weighted by atomic mass is 10.0. The van der Waals surface area contributed by atoms with E-state index in [9.17, 15) is 24.3 Å². The molecule has 0 bridgehead atoms. The van der Waals surface area contributed by atoms with Gasteiger partial charge >= 0.3 is 5.97 Å². The molecule has 12 heteroatoms. The van der Waals surface area contributed by atoms with Crippen LogP contribution in [0.5, 0.6) is 0 Å². The smallest absolute Gasteiger partial charge is 0.327 e. The Hall–Kier alpha value is -2.70. The number of hydrogen-bond acceptors (Lipinski definition) is 7. The SMILES string of the molecule is CSCCC(N)C(=O)N1CCCC1C(=O)NC(Cc1c[nH]c2ccccc12)C(=O)NC(CS)C(=O)O. The molecule has 1 aromatic heterocycles. The summed E-state index contributed by atoms with van der Waals surface area (Å²) >= 11 is 5.60. The van der Waals surface area contributed by atoms with Gasteiger partial charge in [-0.25, -0.2) is 4.79 Å². The van der Waals surface area contributed by atoms with Crippen molar-refractivity contribution in [2.45, 2.75) is 49.9 Å². The molecule has 0 radical (unpaired) electrons. The van der Waals surface area contributed by atoms with Crippen LogP contribution in [-0.4, -0.2) is 87.2 Å². The van der Waals surface area contributed by atoms with Crippen molar-refractivity contribution in [2.24, 2.45) is 5.73 Å². The lowest BCUT2D eigenvalue weighted by Gasteiger charge is -2.28. The Kier molecular flexibility index (Phi) is 10.1. The van der Waals surface area contributed by atoms with Gasteiger partial charge in [0.1, 0.15) is 18.1 Å². The Bertz CT molecular complexity index is 1090. The first-order valence-corrected chi connectivity index (χ1v) is 13.8. The summed E-state index contributed by atoms with van der Waals surface area (Å²) < 4.78 is 0. The lowest BCUT2D eigenvalue weighted by Crippen LogP contribution is -2.57. The van der Waals surface area contributed by atoms with Crippen LogP contribution < -0.4 is 16.4 Å². The number of carbonyl (C=O) groups excluding carboxylic acids is 3. The van der Waals surface area contributed by atoms with E-state index in [-0.39, 0.29) is 18.1 Å². The predicted molar refractivity (Wildman–Crippen MR) is 143 cm³/mol. The number of aliphatic carboxylic acids is 1. The fourth-order valence-electron chi connectivity index (χ4n) is 4.34. The second kappa shape index (κ2) is 13.0. The third kappa shape index (κ3) is 6.74. The number of benzene rings is 1. The number of H-pyrrole nitrogens is 1. The Labute approximate surface area is 219 Å². The molecule has 0 saturated carbocycles. The van der Waals surface area contributed by atoms with E-state index in [1.54, 1.807) is 18.0 Å². The number of aromatic amines is 1. The molecular formula is C24H33N5O5S2. The third-order valence-electron chi connectivity index (χ3n) is 6.32. The summed E-state index contributed by atoms with van der Waals surface area (Å²) in [5.74, 6) is -1.96. The molecule has 6 N–H and O–H groups in total. The number of thiol groups is 1. The molecule has 2 heterocycles. The van der Waals surface area contributed by atoms with E-state index >= 15 is 0 Å². The largest absolute Gasteiger partial charge is 0.480 e. The average molecular weight is 536 g/mol. The molecule has 4 atom stereocenters. The molecule has 36 heavy (non-hydrogen) atoms. The topological polar surface area (TPSA) is 158 Å². The van der Waals surface area contributed by atoms with E-state index < -0.39 is 42.0 Å². The Morgan fingerprint density at radius 2 is 2.00 bits per heavy atom. The van der Waals surface area contributed by atoms with Gasteiger partial charge in [0.2, 0.25) is 17.7 Å².